The normalized spacial score (nSPS) is 14.8. The van der Waals surface area contributed by atoms with E-state index in [4.69, 9.17) is 9.15 Å². The average molecular weight is 357 g/mol. The van der Waals surface area contributed by atoms with Crippen molar-refractivity contribution in [3.05, 3.63) is 54.5 Å². The molecule has 7 heteroatoms. The van der Waals surface area contributed by atoms with E-state index in [0.29, 0.717) is 19.7 Å². The number of ether oxygens (including phenoxy) is 1. The molecule has 3 rings (SSSR count). The number of carbonyl (C=O) groups is 2. The van der Waals surface area contributed by atoms with Crippen LogP contribution < -0.4 is 10.1 Å². The molecule has 138 valence electrons. The summed E-state index contributed by atoms with van der Waals surface area (Å²) >= 11 is 0. The standard InChI is InChI=1S/C19H23N3O4/c23-18(15-20-19(24)17-7-4-13-26-17)22-10-8-21(9-11-22)12-14-25-16-5-2-1-3-6-16/h1-7,13H,8-12,14-15H2,(H,20,24). The summed E-state index contributed by atoms with van der Waals surface area (Å²) in [6.45, 7) is 4.34. The van der Waals surface area contributed by atoms with E-state index in [1.807, 2.05) is 30.3 Å². The SMILES string of the molecule is O=C(NCC(=O)N1CCN(CCOc2ccccc2)CC1)c1ccco1. The van der Waals surface area contributed by atoms with Crippen molar-refractivity contribution in [2.75, 3.05) is 45.9 Å². The van der Waals surface area contributed by atoms with Gasteiger partial charge in [0.2, 0.25) is 5.91 Å². The highest BCUT2D eigenvalue weighted by molar-refractivity contribution is 5.94. The number of rotatable bonds is 7. The van der Waals surface area contributed by atoms with Crippen molar-refractivity contribution in [3.63, 3.8) is 0 Å². The van der Waals surface area contributed by atoms with E-state index in [-0.39, 0.29) is 24.1 Å². The largest absolute Gasteiger partial charge is 0.492 e. The highest BCUT2D eigenvalue weighted by Gasteiger charge is 2.21. The summed E-state index contributed by atoms with van der Waals surface area (Å²) in [5, 5.41) is 2.59. The summed E-state index contributed by atoms with van der Waals surface area (Å²) in [7, 11) is 0. The molecule has 1 aliphatic rings. The molecule has 1 saturated heterocycles. The van der Waals surface area contributed by atoms with Gasteiger partial charge in [0.15, 0.2) is 5.76 Å². The fourth-order valence-corrected chi connectivity index (χ4v) is 2.79. The average Bonchev–Trinajstić information content (AvgIpc) is 3.22. The molecule has 1 fully saturated rings. The quantitative estimate of drug-likeness (QED) is 0.807. The lowest BCUT2D eigenvalue weighted by atomic mass is 10.3. The number of nitrogens with one attached hydrogen (secondary N) is 1. The zero-order valence-electron chi connectivity index (χ0n) is 14.6. The number of nitrogens with zero attached hydrogens (tertiary/aromatic N) is 2. The molecule has 2 heterocycles. The first-order valence-electron chi connectivity index (χ1n) is 8.72. The molecule has 0 bridgehead atoms. The van der Waals surface area contributed by atoms with E-state index >= 15 is 0 Å². The molecule has 2 amide bonds. The molecule has 1 aromatic carbocycles. The van der Waals surface area contributed by atoms with Gasteiger partial charge in [-0.3, -0.25) is 14.5 Å². The van der Waals surface area contributed by atoms with E-state index in [9.17, 15) is 9.59 Å². The Bertz CT molecular complexity index is 695. The number of furan rings is 1. The number of piperazine rings is 1. The topological polar surface area (TPSA) is 75.0 Å². The number of amides is 2. The molecule has 0 radical (unpaired) electrons. The minimum absolute atomic E-state index is 0.0172. The van der Waals surface area contributed by atoms with Crippen molar-refractivity contribution in [3.8, 4) is 5.75 Å². The van der Waals surface area contributed by atoms with E-state index in [2.05, 4.69) is 10.2 Å². The number of hydrogen-bond donors (Lipinski definition) is 1. The molecule has 1 aliphatic heterocycles. The van der Waals surface area contributed by atoms with Crippen LogP contribution in [0, 0.1) is 0 Å². The van der Waals surface area contributed by atoms with Crippen LogP contribution in [0.3, 0.4) is 0 Å². The first kappa shape index (κ1) is 18.0. The van der Waals surface area contributed by atoms with Crippen LogP contribution in [0.1, 0.15) is 10.6 Å². The lowest BCUT2D eigenvalue weighted by Crippen LogP contribution is -2.51. The van der Waals surface area contributed by atoms with Crippen molar-refractivity contribution in [1.29, 1.82) is 0 Å². The predicted octanol–water partition coefficient (Wildman–Crippen LogP) is 1.23. The van der Waals surface area contributed by atoms with Crippen LogP contribution in [0.15, 0.2) is 53.1 Å². The van der Waals surface area contributed by atoms with Gasteiger partial charge in [0.05, 0.1) is 12.8 Å². The van der Waals surface area contributed by atoms with E-state index in [1.54, 1.807) is 17.0 Å². The second kappa shape index (κ2) is 9.05. The van der Waals surface area contributed by atoms with E-state index in [0.717, 1.165) is 25.4 Å². The second-order valence-electron chi connectivity index (χ2n) is 6.04. The third-order valence-corrected chi connectivity index (χ3v) is 4.29. The molecule has 0 spiro atoms. The highest BCUT2D eigenvalue weighted by Crippen LogP contribution is 2.08. The van der Waals surface area contributed by atoms with Gasteiger partial charge in [-0.15, -0.1) is 0 Å². The maximum absolute atomic E-state index is 12.2. The molecular weight excluding hydrogens is 334 g/mol. The summed E-state index contributed by atoms with van der Waals surface area (Å²) in [6.07, 6.45) is 1.43. The summed E-state index contributed by atoms with van der Waals surface area (Å²) in [5.74, 6) is 0.625. The van der Waals surface area contributed by atoms with Crippen molar-refractivity contribution >= 4 is 11.8 Å². The maximum Gasteiger partial charge on any atom is 0.287 e. The van der Waals surface area contributed by atoms with Gasteiger partial charge in [-0.2, -0.15) is 0 Å². The van der Waals surface area contributed by atoms with Gasteiger partial charge in [0, 0.05) is 32.7 Å². The van der Waals surface area contributed by atoms with E-state index < -0.39 is 0 Å². The Kier molecular flexibility index (Phi) is 6.27. The molecule has 26 heavy (non-hydrogen) atoms. The van der Waals surface area contributed by atoms with Crippen LogP contribution >= 0.6 is 0 Å². The van der Waals surface area contributed by atoms with Gasteiger partial charge in [-0.25, -0.2) is 0 Å². The summed E-state index contributed by atoms with van der Waals surface area (Å²) < 4.78 is 10.7. The van der Waals surface area contributed by atoms with Crippen molar-refractivity contribution in [2.24, 2.45) is 0 Å². The second-order valence-corrected chi connectivity index (χ2v) is 6.04. The van der Waals surface area contributed by atoms with Crippen molar-refractivity contribution < 1.29 is 18.7 Å². The Labute approximate surface area is 152 Å². The molecule has 1 aromatic heterocycles. The number of benzene rings is 1. The summed E-state index contributed by atoms with van der Waals surface area (Å²) in [5.41, 5.74) is 0. The Morgan fingerprint density at radius 1 is 1.04 bits per heavy atom. The maximum atomic E-state index is 12.2. The predicted molar refractivity (Wildman–Crippen MR) is 96.0 cm³/mol. The Hall–Kier alpha value is -2.80. The number of hydrogen-bond acceptors (Lipinski definition) is 5. The Morgan fingerprint density at radius 2 is 1.81 bits per heavy atom. The lowest BCUT2D eigenvalue weighted by molar-refractivity contribution is -0.131. The van der Waals surface area contributed by atoms with Crippen molar-refractivity contribution in [1.82, 2.24) is 15.1 Å². The fraction of sp³-hybridized carbons (Fsp3) is 0.368. The van der Waals surface area contributed by atoms with Gasteiger partial charge < -0.3 is 19.4 Å². The van der Waals surface area contributed by atoms with Crippen molar-refractivity contribution in [2.45, 2.75) is 0 Å². The van der Waals surface area contributed by atoms with Crippen LogP contribution in [0.4, 0.5) is 0 Å². The fourth-order valence-electron chi connectivity index (χ4n) is 2.79. The van der Waals surface area contributed by atoms with Crippen LogP contribution in [0.2, 0.25) is 0 Å². The Morgan fingerprint density at radius 3 is 2.50 bits per heavy atom. The molecule has 7 nitrogen and oxygen atoms in total. The zero-order chi connectivity index (χ0) is 18.2. The minimum Gasteiger partial charge on any atom is -0.492 e. The third kappa shape index (κ3) is 5.10. The molecule has 2 aromatic rings. The summed E-state index contributed by atoms with van der Waals surface area (Å²) in [4.78, 5) is 28.0. The molecule has 0 unspecified atom stereocenters. The van der Waals surface area contributed by atoms with Gasteiger partial charge in [0.1, 0.15) is 12.4 Å². The number of para-hydroxylation sites is 1. The van der Waals surface area contributed by atoms with Gasteiger partial charge >= 0.3 is 0 Å². The minimum atomic E-state index is -0.375. The molecule has 0 aliphatic carbocycles. The van der Waals surface area contributed by atoms with E-state index in [1.165, 1.54) is 6.26 Å². The number of carbonyl (C=O) groups excluding carboxylic acids is 2. The lowest BCUT2D eigenvalue weighted by Gasteiger charge is -2.34. The van der Waals surface area contributed by atoms with Gasteiger partial charge in [0.25, 0.3) is 5.91 Å². The van der Waals surface area contributed by atoms with Crippen LogP contribution in [0.25, 0.3) is 0 Å². The molecule has 1 N–H and O–H groups in total. The molecule has 0 saturated carbocycles. The van der Waals surface area contributed by atoms with Crippen LogP contribution in [-0.4, -0.2) is 67.5 Å². The summed E-state index contributed by atoms with van der Waals surface area (Å²) in [6, 6.07) is 12.9. The molecule has 0 atom stereocenters. The van der Waals surface area contributed by atoms with Crippen LogP contribution in [0.5, 0.6) is 5.75 Å². The highest BCUT2D eigenvalue weighted by atomic mass is 16.5. The van der Waals surface area contributed by atoms with Gasteiger partial charge in [-0.1, -0.05) is 18.2 Å². The first-order valence-corrected chi connectivity index (χ1v) is 8.72. The third-order valence-electron chi connectivity index (χ3n) is 4.29. The van der Waals surface area contributed by atoms with Crippen LogP contribution in [-0.2, 0) is 4.79 Å². The molecular formula is C19H23N3O4. The monoisotopic (exact) mass is 357 g/mol. The smallest absolute Gasteiger partial charge is 0.287 e. The van der Waals surface area contributed by atoms with Gasteiger partial charge in [-0.05, 0) is 24.3 Å². The first-order chi connectivity index (χ1) is 12.7. The zero-order valence-corrected chi connectivity index (χ0v) is 14.6. The Balaban J connectivity index is 1.32.